The van der Waals surface area contributed by atoms with Crippen molar-refractivity contribution in [2.75, 3.05) is 0 Å². The number of nitro benzene ring substituents is 1. The lowest BCUT2D eigenvalue weighted by atomic mass is 10.2. The Kier molecular flexibility index (Phi) is 2.67. The number of nitrogens with zero attached hydrogens (tertiary/aromatic N) is 5. The molecule has 9 nitrogen and oxygen atoms in total. The van der Waals surface area contributed by atoms with E-state index in [9.17, 15) is 14.5 Å². The van der Waals surface area contributed by atoms with Crippen molar-refractivity contribution in [3.63, 3.8) is 0 Å². The lowest BCUT2D eigenvalue weighted by Crippen LogP contribution is -1.93. The average Bonchev–Trinajstić information content (AvgIpc) is 3.09. The summed E-state index contributed by atoms with van der Waals surface area (Å²) in [5.74, 6) is -0.525. The smallest absolute Gasteiger partial charge is 0.282 e. The Morgan fingerprint density at radius 1 is 1.40 bits per heavy atom. The van der Waals surface area contributed by atoms with Crippen LogP contribution in [-0.2, 0) is 0 Å². The van der Waals surface area contributed by atoms with E-state index in [0.29, 0.717) is 0 Å². The molecule has 0 aliphatic rings. The van der Waals surface area contributed by atoms with Crippen LogP contribution in [0.3, 0.4) is 0 Å². The van der Waals surface area contributed by atoms with Gasteiger partial charge in [-0.3, -0.25) is 15.2 Å². The summed E-state index contributed by atoms with van der Waals surface area (Å²) >= 11 is 0. The molecule has 0 radical (unpaired) electrons. The third-order valence-corrected chi connectivity index (χ3v) is 2.44. The van der Waals surface area contributed by atoms with Gasteiger partial charge in [-0.05, 0) is 12.1 Å². The number of halogens is 1. The molecule has 3 aromatic rings. The van der Waals surface area contributed by atoms with Crippen molar-refractivity contribution in [1.82, 2.24) is 25.3 Å². The lowest BCUT2D eigenvalue weighted by Gasteiger charge is -1.97. The van der Waals surface area contributed by atoms with E-state index in [1.807, 2.05) is 0 Å². The molecule has 0 spiro atoms. The molecule has 0 saturated carbocycles. The Labute approximate surface area is 109 Å². The molecule has 100 valence electrons. The van der Waals surface area contributed by atoms with Crippen LogP contribution < -0.4 is 0 Å². The number of aromatic nitrogens is 5. The molecule has 1 N–H and O–H groups in total. The minimum Gasteiger partial charge on any atom is -0.333 e. The van der Waals surface area contributed by atoms with E-state index >= 15 is 0 Å². The molecule has 0 aliphatic carbocycles. The predicted octanol–water partition coefficient (Wildman–Crippen LogP) is 1.57. The molecule has 10 heteroatoms. The maximum atomic E-state index is 13.2. The zero-order chi connectivity index (χ0) is 14.1. The van der Waals surface area contributed by atoms with Gasteiger partial charge in [-0.1, -0.05) is 5.16 Å². The van der Waals surface area contributed by atoms with Gasteiger partial charge in [0, 0.05) is 6.07 Å². The first kappa shape index (κ1) is 11.9. The number of benzene rings is 1. The first-order valence-electron chi connectivity index (χ1n) is 5.29. The summed E-state index contributed by atoms with van der Waals surface area (Å²) < 4.78 is 18.1. The zero-order valence-electron chi connectivity index (χ0n) is 9.65. The molecule has 0 aliphatic heterocycles. The average molecular weight is 276 g/mol. The molecule has 0 unspecified atom stereocenters. The van der Waals surface area contributed by atoms with E-state index in [2.05, 4.69) is 25.3 Å². The summed E-state index contributed by atoms with van der Waals surface area (Å²) in [6.45, 7) is 0. The van der Waals surface area contributed by atoms with Crippen molar-refractivity contribution in [3.8, 4) is 23.1 Å². The summed E-state index contributed by atoms with van der Waals surface area (Å²) in [6.07, 6.45) is 1.25. The van der Waals surface area contributed by atoms with Gasteiger partial charge in [0.1, 0.15) is 17.7 Å². The first-order chi connectivity index (χ1) is 9.65. The van der Waals surface area contributed by atoms with E-state index in [-0.39, 0.29) is 28.8 Å². The monoisotopic (exact) mass is 276 g/mol. The summed E-state index contributed by atoms with van der Waals surface area (Å²) in [7, 11) is 0. The Morgan fingerprint density at radius 3 is 2.95 bits per heavy atom. The highest BCUT2D eigenvalue weighted by molar-refractivity contribution is 5.67. The van der Waals surface area contributed by atoms with E-state index in [1.54, 1.807) is 0 Å². The van der Waals surface area contributed by atoms with Crippen molar-refractivity contribution in [1.29, 1.82) is 0 Å². The quantitative estimate of drug-likeness (QED) is 0.568. The van der Waals surface area contributed by atoms with Gasteiger partial charge in [-0.2, -0.15) is 10.1 Å². The van der Waals surface area contributed by atoms with Crippen molar-refractivity contribution in [3.05, 3.63) is 40.5 Å². The van der Waals surface area contributed by atoms with E-state index in [0.717, 1.165) is 18.2 Å². The van der Waals surface area contributed by atoms with E-state index < -0.39 is 10.7 Å². The SMILES string of the molecule is O=[N+]([O-])c1ccc(F)cc1-c1nc(-c2ncn[nH]2)no1. The van der Waals surface area contributed by atoms with Gasteiger partial charge >= 0.3 is 0 Å². The second kappa shape index (κ2) is 4.50. The maximum absolute atomic E-state index is 13.2. The summed E-state index contributed by atoms with van der Waals surface area (Å²) in [6, 6.07) is 2.97. The van der Waals surface area contributed by atoms with Crippen LogP contribution in [0.5, 0.6) is 0 Å². The van der Waals surface area contributed by atoms with Crippen molar-refractivity contribution in [2.45, 2.75) is 0 Å². The standard InChI is InChI=1S/C10H5FN6O3/c11-5-1-2-7(17(18)19)6(3-5)10-14-9(16-20-10)8-12-4-13-15-8/h1-4H,(H,12,13,15). The lowest BCUT2D eigenvalue weighted by molar-refractivity contribution is -0.384. The van der Waals surface area contributed by atoms with Gasteiger partial charge in [0.2, 0.25) is 5.82 Å². The van der Waals surface area contributed by atoms with Crippen LogP contribution in [0.15, 0.2) is 29.0 Å². The van der Waals surface area contributed by atoms with Gasteiger partial charge in [-0.25, -0.2) is 9.37 Å². The number of hydrogen-bond donors (Lipinski definition) is 1. The number of aromatic amines is 1. The summed E-state index contributed by atoms with van der Waals surface area (Å²) in [5.41, 5.74) is -0.438. The molecule has 20 heavy (non-hydrogen) atoms. The van der Waals surface area contributed by atoms with Gasteiger partial charge < -0.3 is 4.52 Å². The highest BCUT2D eigenvalue weighted by Gasteiger charge is 2.22. The normalized spacial score (nSPS) is 10.7. The maximum Gasteiger partial charge on any atom is 0.282 e. The number of hydrogen-bond acceptors (Lipinski definition) is 7. The van der Waals surface area contributed by atoms with Crippen molar-refractivity contribution < 1.29 is 13.8 Å². The number of nitrogens with one attached hydrogen (secondary N) is 1. The van der Waals surface area contributed by atoms with Crippen LogP contribution in [-0.4, -0.2) is 30.2 Å². The van der Waals surface area contributed by atoms with Crippen molar-refractivity contribution >= 4 is 5.69 Å². The van der Waals surface area contributed by atoms with Crippen molar-refractivity contribution in [2.24, 2.45) is 0 Å². The third kappa shape index (κ3) is 1.98. The fraction of sp³-hybridized carbons (Fsp3) is 0. The fourth-order valence-corrected chi connectivity index (χ4v) is 1.58. The highest BCUT2D eigenvalue weighted by atomic mass is 19.1. The third-order valence-electron chi connectivity index (χ3n) is 2.44. The molecular formula is C10H5FN6O3. The van der Waals surface area contributed by atoms with Crippen LogP contribution in [0.1, 0.15) is 0 Å². The first-order valence-corrected chi connectivity index (χ1v) is 5.29. The van der Waals surface area contributed by atoms with E-state index in [1.165, 1.54) is 6.33 Å². The van der Waals surface area contributed by atoms with Crippen LogP contribution >= 0.6 is 0 Å². The molecular weight excluding hydrogens is 271 g/mol. The van der Waals surface area contributed by atoms with Crippen LogP contribution in [0.2, 0.25) is 0 Å². The number of H-pyrrole nitrogens is 1. The molecule has 1 aromatic carbocycles. The molecule has 2 aromatic heterocycles. The second-order valence-corrected chi connectivity index (χ2v) is 3.68. The van der Waals surface area contributed by atoms with Gasteiger partial charge in [0.25, 0.3) is 11.6 Å². The van der Waals surface area contributed by atoms with Gasteiger partial charge in [-0.15, -0.1) is 0 Å². The van der Waals surface area contributed by atoms with Gasteiger partial charge in [0.05, 0.1) is 4.92 Å². The minimum atomic E-state index is -0.660. The largest absolute Gasteiger partial charge is 0.333 e. The molecule has 3 rings (SSSR count). The Bertz CT molecular complexity index is 769. The van der Waals surface area contributed by atoms with Gasteiger partial charge in [0.15, 0.2) is 5.82 Å². The number of rotatable bonds is 3. The van der Waals surface area contributed by atoms with E-state index in [4.69, 9.17) is 4.52 Å². The Hall–Kier alpha value is -3.17. The number of nitro groups is 1. The topological polar surface area (TPSA) is 124 Å². The molecule has 0 bridgehead atoms. The minimum absolute atomic E-state index is 0.0658. The predicted molar refractivity (Wildman–Crippen MR) is 61.7 cm³/mol. The van der Waals surface area contributed by atoms with Crippen LogP contribution in [0.4, 0.5) is 10.1 Å². The molecule has 2 heterocycles. The Morgan fingerprint density at radius 2 is 2.25 bits per heavy atom. The summed E-state index contributed by atoms with van der Waals surface area (Å²) in [4.78, 5) is 18.0. The zero-order valence-corrected chi connectivity index (χ0v) is 9.65. The van der Waals surface area contributed by atoms with Crippen LogP contribution in [0, 0.1) is 15.9 Å². The Balaban J connectivity index is 2.10. The fourth-order valence-electron chi connectivity index (χ4n) is 1.58. The van der Waals surface area contributed by atoms with Crippen LogP contribution in [0.25, 0.3) is 23.1 Å². The molecule has 0 fully saturated rings. The second-order valence-electron chi connectivity index (χ2n) is 3.68. The molecule has 0 amide bonds. The molecule has 0 saturated heterocycles. The summed E-state index contributed by atoms with van der Waals surface area (Å²) in [5, 5.41) is 20.6. The highest BCUT2D eigenvalue weighted by Crippen LogP contribution is 2.30. The molecule has 0 atom stereocenters.